The van der Waals surface area contributed by atoms with Crippen molar-refractivity contribution in [1.82, 2.24) is 20.4 Å². The smallest absolute Gasteiger partial charge is 0.191 e. The van der Waals surface area contributed by atoms with E-state index < -0.39 is 0 Å². The minimum absolute atomic E-state index is 0. The molecule has 0 spiro atoms. The molecule has 1 aliphatic carbocycles. The molecule has 23 heavy (non-hydrogen) atoms. The molecule has 1 aliphatic heterocycles. The number of nitrogens with one attached hydrogen (secondary N) is 2. The van der Waals surface area contributed by atoms with E-state index in [0.717, 1.165) is 38.3 Å². The third kappa shape index (κ3) is 8.35. The summed E-state index contributed by atoms with van der Waals surface area (Å²) in [5, 5.41) is 6.88. The fraction of sp³-hybridized carbons (Fsp3) is 0.824. The van der Waals surface area contributed by atoms with Gasteiger partial charge in [-0.05, 0) is 59.3 Å². The molecule has 2 N–H and O–H groups in total. The summed E-state index contributed by atoms with van der Waals surface area (Å²) in [4.78, 5) is 9.74. The highest BCUT2D eigenvalue weighted by Crippen LogP contribution is 2.08. The van der Waals surface area contributed by atoms with Crippen molar-refractivity contribution in [3.05, 3.63) is 12.2 Å². The molecule has 0 radical (unpaired) electrons. The zero-order chi connectivity index (χ0) is 15.6. The average Bonchev–Trinajstić information content (AvgIpc) is 2.92. The standard InChI is InChI=1S/C17H33N5.HI/c1-3-18-17(20-16-8-4-5-9-16)19-10-6-12-22-13-7-11-21(2)14-15-22;/h4-5,16H,3,6-15H2,1-2H3,(H2,18,19,20);1H. The molecule has 134 valence electrons. The number of rotatable bonds is 6. The first-order valence-electron chi connectivity index (χ1n) is 8.88. The van der Waals surface area contributed by atoms with Gasteiger partial charge in [-0.1, -0.05) is 12.2 Å². The molecule has 0 atom stereocenters. The first-order valence-corrected chi connectivity index (χ1v) is 8.88. The van der Waals surface area contributed by atoms with E-state index in [9.17, 15) is 0 Å². The van der Waals surface area contributed by atoms with Gasteiger partial charge in [0.1, 0.15) is 0 Å². The number of likely N-dealkylation sites (N-methyl/N-ethyl adjacent to an activating group) is 1. The third-order valence-electron chi connectivity index (χ3n) is 4.41. The van der Waals surface area contributed by atoms with E-state index in [1.807, 2.05) is 0 Å². The number of guanidine groups is 1. The molecule has 2 aliphatic rings. The molecule has 0 aromatic heterocycles. The van der Waals surface area contributed by atoms with Gasteiger partial charge in [-0.2, -0.15) is 0 Å². The van der Waals surface area contributed by atoms with E-state index in [4.69, 9.17) is 4.99 Å². The predicted molar refractivity (Wildman–Crippen MR) is 110 cm³/mol. The van der Waals surface area contributed by atoms with E-state index in [-0.39, 0.29) is 24.0 Å². The van der Waals surface area contributed by atoms with Gasteiger partial charge >= 0.3 is 0 Å². The van der Waals surface area contributed by atoms with Crippen LogP contribution in [0, 0.1) is 0 Å². The maximum absolute atomic E-state index is 4.73. The normalized spacial score (nSPS) is 21.0. The topological polar surface area (TPSA) is 42.9 Å². The summed E-state index contributed by atoms with van der Waals surface area (Å²) >= 11 is 0. The van der Waals surface area contributed by atoms with Crippen LogP contribution in [0.2, 0.25) is 0 Å². The van der Waals surface area contributed by atoms with Gasteiger partial charge in [-0.3, -0.25) is 4.99 Å². The molecule has 0 aromatic rings. The Morgan fingerprint density at radius 3 is 2.70 bits per heavy atom. The molecule has 0 unspecified atom stereocenters. The van der Waals surface area contributed by atoms with Gasteiger partial charge in [0.2, 0.25) is 0 Å². The van der Waals surface area contributed by atoms with Crippen molar-refractivity contribution in [2.24, 2.45) is 4.99 Å². The molecule has 1 fully saturated rings. The van der Waals surface area contributed by atoms with E-state index in [0.29, 0.717) is 6.04 Å². The fourth-order valence-electron chi connectivity index (χ4n) is 3.06. The van der Waals surface area contributed by atoms with E-state index >= 15 is 0 Å². The molecular weight excluding hydrogens is 401 g/mol. The monoisotopic (exact) mass is 435 g/mol. The van der Waals surface area contributed by atoms with Crippen LogP contribution in [-0.2, 0) is 0 Å². The molecule has 5 nitrogen and oxygen atoms in total. The summed E-state index contributed by atoms with van der Waals surface area (Å²) in [6, 6.07) is 0.527. The van der Waals surface area contributed by atoms with Crippen molar-refractivity contribution in [1.29, 1.82) is 0 Å². The Morgan fingerprint density at radius 2 is 1.96 bits per heavy atom. The lowest BCUT2D eigenvalue weighted by Gasteiger charge is -2.20. The van der Waals surface area contributed by atoms with Crippen LogP contribution >= 0.6 is 24.0 Å². The van der Waals surface area contributed by atoms with Crippen molar-refractivity contribution in [2.45, 2.75) is 38.6 Å². The predicted octanol–water partition coefficient (Wildman–Crippen LogP) is 1.91. The van der Waals surface area contributed by atoms with Crippen molar-refractivity contribution in [2.75, 3.05) is 52.9 Å². The Morgan fingerprint density at radius 1 is 1.17 bits per heavy atom. The summed E-state index contributed by atoms with van der Waals surface area (Å²) in [7, 11) is 2.22. The summed E-state index contributed by atoms with van der Waals surface area (Å²) in [5.74, 6) is 0.979. The largest absolute Gasteiger partial charge is 0.357 e. The average molecular weight is 435 g/mol. The van der Waals surface area contributed by atoms with Crippen molar-refractivity contribution >= 4 is 29.9 Å². The summed E-state index contributed by atoms with van der Waals surface area (Å²) in [6.07, 6.45) is 9.16. The molecule has 2 rings (SSSR count). The first kappa shape index (κ1) is 20.7. The zero-order valence-electron chi connectivity index (χ0n) is 14.8. The molecule has 1 saturated heterocycles. The second kappa shape index (κ2) is 12.1. The molecule has 6 heteroatoms. The van der Waals surface area contributed by atoms with Gasteiger partial charge in [0.25, 0.3) is 0 Å². The summed E-state index contributed by atoms with van der Waals surface area (Å²) in [5.41, 5.74) is 0. The number of halogens is 1. The van der Waals surface area contributed by atoms with E-state index in [1.165, 1.54) is 39.1 Å². The lowest BCUT2D eigenvalue weighted by atomic mass is 10.2. The van der Waals surface area contributed by atoms with Crippen LogP contribution in [0.15, 0.2) is 17.1 Å². The van der Waals surface area contributed by atoms with Crippen molar-refractivity contribution < 1.29 is 0 Å². The summed E-state index contributed by atoms with van der Waals surface area (Å²) < 4.78 is 0. The second-order valence-electron chi connectivity index (χ2n) is 6.40. The van der Waals surface area contributed by atoms with Gasteiger partial charge in [0.15, 0.2) is 5.96 Å². The molecule has 0 amide bonds. The Balaban J connectivity index is 0.00000264. The number of hydrogen-bond donors (Lipinski definition) is 2. The Hall–Kier alpha value is -0.340. The highest BCUT2D eigenvalue weighted by atomic mass is 127. The molecular formula is C17H34IN5. The number of hydrogen-bond acceptors (Lipinski definition) is 3. The molecule has 0 bridgehead atoms. The van der Waals surface area contributed by atoms with E-state index in [2.05, 4.69) is 46.6 Å². The zero-order valence-corrected chi connectivity index (χ0v) is 17.1. The van der Waals surface area contributed by atoms with Crippen LogP contribution in [0.25, 0.3) is 0 Å². The Kier molecular flexibility index (Phi) is 10.9. The molecule has 1 heterocycles. The Bertz CT molecular complexity index is 364. The van der Waals surface area contributed by atoms with Gasteiger partial charge in [-0.25, -0.2) is 0 Å². The van der Waals surface area contributed by atoms with Crippen molar-refractivity contribution in [3.63, 3.8) is 0 Å². The fourth-order valence-corrected chi connectivity index (χ4v) is 3.06. The van der Waals surface area contributed by atoms with Gasteiger partial charge in [-0.15, -0.1) is 24.0 Å². The maximum Gasteiger partial charge on any atom is 0.191 e. The van der Waals surface area contributed by atoms with Crippen LogP contribution in [0.3, 0.4) is 0 Å². The van der Waals surface area contributed by atoms with Crippen LogP contribution in [-0.4, -0.2) is 74.7 Å². The van der Waals surface area contributed by atoms with Crippen LogP contribution < -0.4 is 10.6 Å². The van der Waals surface area contributed by atoms with Gasteiger partial charge in [0, 0.05) is 32.2 Å². The van der Waals surface area contributed by atoms with Gasteiger partial charge in [0.05, 0.1) is 0 Å². The highest BCUT2D eigenvalue weighted by molar-refractivity contribution is 14.0. The Labute approximate surface area is 159 Å². The molecule has 0 aromatic carbocycles. The number of nitrogens with zero attached hydrogens (tertiary/aromatic N) is 3. The lowest BCUT2D eigenvalue weighted by Crippen LogP contribution is -2.42. The quantitative estimate of drug-likeness (QED) is 0.220. The van der Waals surface area contributed by atoms with Crippen LogP contribution in [0.1, 0.15) is 32.6 Å². The van der Waals surface area contributed by atoms with Gasteiger partial charge < -0.3 is 20.4 Å². The lowest BCUT2D eigenvalue weighted by molar-refractivity contribution is 0.275. The van der Waals surface area contributed by atoms with Crippen LogP contribution in [0.4, 0.5) is 0 Å². The first-order chi connectivity index (χ1) is 10.8. The SMILES string of the molecule is CCNC(=NCCCN1CCCN(C)CC1)NC1CC=CC1.I. The highest BCUT2D eigenvalue weighted by Gasteiger charge is 2.12. The third-order valence-corrected chi connectivity index (χ3v) is 4.41. The van der Waals surface area contributed by atoms with Crippen molar-refractivity contribution in [3.8, 4) is 0 Å². The van der Waals surface area contributed by atoms with E-state index in [1.54, 1.807) is 0 Å². The maximum atomic E-state index is 4.73. The minimum Gasteiger partial charge on any atom is -0.357 e. The summed E-state index contributed by atoms with van der Waals surface area (Å²) in [6.45, 7) is 9.99. The minimum atomic E-state index is 0. The second-order valence-corrected chi connectivity index (χ2v) is 6.40. The molecule has 0 saturated carbocycles. The van der Waals surface area contributed by atoms with Crippen LogP contribution in [0.5, 0.6) is 0 Å². The number of aliphatic imine (C=N–C) groups is 1.